The van der Waals surface area contributed by atoms with Crippen molar-refractivity contribution in [2.75, 3.05) is 48.4 Å². The number of morpholine rings is 1. The Morgan fingerprint density at radius 1 is 1.16 bits per heavy atom. The van der Waals surface area contributed by atoms with Gasteiger partial charge in [-0.2, -0.15) is 4.99 Å². The fourth-order valence-corrected chi connectivity index (χ4v) is 3.95. The average Bonchev–Trinajstić information content (AvgIpc) is 3.30. The number of carbonyl (C=O) groups excluding carboxylic acids is 2. The molecule has 2 aromatic heterocycles. The van der Waals surface area contributed by atoms with Crippen LogP contribution in [0.2, 0.25) is 0 Å². The first-order chi connectivity index (χ1) is 15.6. The molecule has 1 fully saturated rings. The Morgan fingerprint density at radius 3 is 2.75 bits per heavy atom. The van der Waals surface area contributed by atoms with Crippen molar-refractivity contribution in [2.45, 2.75) is 13.5 Å². The van der Waals surface area contributed by atoms with Crippen LogP contribution in [0, 0.1) is 0 Å². The van der Waals surface area contributed by atoms with Gasteiger partial charge in [0, 0.05) is 50.4 Å². The smallest absolute Gasteiger partial charge is 0.281 e. The van der Waals surface area contributed by atoms with Crippen molar-refractivity contribution in [3.8, 4) is 0 Å². The summed E-state index contributed by atoms with van der Waals surface area (Å²) in [6.07, 6.45) is 1.40. The van der Waals surface area contributed by atoms with Crippen LogP contribution in [0.1, 0.15) is 17.3 Å². The number of carbonyl (C=O) groups is 2. The van der Waals surface area contributed by atoms with Gasteiger partial charge in [-0.05, 0) is 30.3 Å². The van der Waals surface area contributed by atoms with E-state index < -0.39 is 5.91 Å². The number of aromatic nitrogens is 3. The largest absolute Gasteiger partial charge is 0.378 e. The van der Waals surface area contributed by atoms with Crippen LogP contribution in [-0.4, -0.2) is 59.2 Å². The number of ether oxygens (including phenoxy) is 1. The van der Waals surface area contributed by atoms with E-state index in [2.05, 4.69) is 37.6 Å². The molecule has 0 bridgehead atoms. The van der Waals surface area contributed by atoms with Gasteiger partial charge in [-0.25, -0.2) is 9.97 Å². The molecule has 3 aromatic rings. The summed E-state index contributed by atoms with van der Waals surface area (Å²) in [5, 5.41) is 6.96. The summed E-state index contributed by atoms with van der Waals surface area (Å²) in [7, 11) is 0. The van der Waals surface area contributed by atoms with Gasteiger partial charge in [0.2, 0.25) is 11.5 Å². The van der Waals surface area contributed by atoms with E-state index in [1.165, 1.54) is 13.1 Å². The predicted octanol–water partition coefficient (Wildman–Crippen LogP) is 1.39. The minimum absolute atomic E-state index is 0.225. The number of pyridine rings is 1. The van der Waals surface area contributed by atoms with Crippen LogP contribution in [-0.2, 0) is 16.1 Å². The van der Waals surface area contributed by atoms with Crippen molar-refractivity contribution in [3.63, 3.8) is 0 Å². The third-order valence-corrected chi connectivity index (χ3v) is 5.49. The van der Waals surface area contributed by atoms with Gasteiger partial charge in [0.25, 0.3) is 5.91 Å². The third-order valence-electron chi connectivity index (χ3n) is 5.49. The van der Waals surface area contributed by atoms with Crippen molar-refractivity contribution in [1.82, 2.24) is 14.5 Å². The van der Waals surface area contributed by atoms with Crippen LogP contribution in [0.3, 0.4) is 0 Å². The summed E-state index contributed by atoms with van der Waals surface area (Å²) in [6.45, 7) is 5.90. The van der Waals surface area contributed by atoms with Gasteiger partial charge >= 0.3 is 0 Å². The molecule has 4 heterocycles. The van der Waals surface area contributed by atoms with E-state index in [1.54, 1.807) is 12.1 Å². The molecule has 0 unspecified atom stereocenters. The summed E-state index contributed by atoms with van der Waals surface area (Å²) in [6, 6.07) is 9.36. The lowest BCUT2D eigenvalue weighted by atomic mass is 10.2. The highest BCUT2D eigenvalue weighted by Gasteiger charge is 2.18. The molecule has 164 valence electrons. The standard InChI is InChI=1S/C22H23N7O3/c1-14(30)25-19-5-2-15(13-24-19)21(31)27-22-26-18-12-16(28-8-10-32-11-9-28)3-4-17(18)20-23-6-7-29(20)22/h2-5,12-13,23H,6-11H2,1H3,(H,24,25,30). The molecule has 0 saturated carbocycles. The maximum absolute atomic E-state index is 12.8. The summed E-state index contributed by atoms with van der Waals surface area (Å²) in [4.78, 5) is 39.3. The van der Waals surface area contributed by atoms with Crippen LogP contribution >= 0.6 is 0 Å². The highest BCUT2D eigenvalue weighted by atomic mass is 16.5. The molecule has 32 heavy (non-hydrogen) atoms. The molecule has 1 aromatic carbocycles. The van der Waals surface area contributed by atoms with Crippen molar-refractivity contribution >= 4 is 40.0 Å². The Labute approximate surface area is 184 Å². The monoisotopic (exact) mass is 433 g/mol. The van der Waals surface area contributed by atoms with E-state index in [9.17, 15) is 9.59 Å². The SMILES string of the molecule is CC(=O)Nc1ccc(C(=O)N=c2nc3cc(N4CCOCC4)ccc3c3n2CCN3)cn1. The fraction of sp³-hybridized carbons (Fsp3) is 0.318. The van der Waals surface area contributed by atoms with Gasteiger partial charge in [0.05, 0.1) is 24.3 Å². The molecule has 0 aliphatic carbocycles. The summed E-state index contributed by atoms with van der Waals surface area (Å²) in [5.74, 6) is 0.629. The number of hydrogen-bond acceptors (Lipinski definition) is 7. The second-order valence-electron chi connectivity index (χ2n) is 7.67. The Kier molecular flexibility index (Phi) is 5.28. The average molecular weight is 433 g/mol. The van der Waals surface area contributed by atoms with Crippen LogP contribution in [0.4, 0.5) is 17.3 Å². The van der Waals surface area contributed by atoms with E-state index in [0.717, 1.165) is 42.0 Å². The first kappa shape index (κ1) is 20.1. The minimum atomic E-state index is -0.440. The molecule has 0 radical (unpaired) electrons. The summed E-state index contributed by atoms with van der Waals surface area (Å²) < 4.78 is 7.38. The zero-order chi connectivity index (χ0) is 22.1. The molecule has 0 atom stereocenters. The minimum Gasteiger partial charge on any atom is -0.378 e. The normalized spacial score (nSPS) is 16.0. The van der Waals surface area contributed by atoms with Crippen molar-refractivity contribution in [2.24, 2.45) is 4.99 Å². The number of hydrogen-bond donors (Lipinski definition) is 2. The molecular formula is C22H23N7O3. The van der Waals surface area contributed by atoms with Crippen LogP contribution < -0.4 is 21.2 Å². The van der Waals surface area contributed by atoms with Crippen molar-refractivity contribution in [3.05, 3.63) is 47.7 Å². The Hall–Kier alpha value is -3.79. The van der Waals surface area contributed by atoms with E-state index in [4.69, 9.17) is 9.72 Å². The van der Waals surface area contributed by atoms with Gasteiger partial charge in [0.1, 0.15) is 11.6 Å². The third kappa shape index (κ3) is 3.92. The highest BCUT2D eigenvalue weighted by Crippen LogP contribution is 2.27. The number of rotatable bonds is 3. The van der Waals surface area contributed by atoms with E-state index >= 15 is 0 Å². The molecule has 2 N–H and O–H groups in total. The highest BCUT2D eigenvalue weighted by molar-refractivity contribution is 5.96. The summed E-state index contributed by atoms with van der Waals surface area (Å²) >= 11 is 0. The molecule has 10 heteroatoms. The van der Waals surface area contributed by atoms with Crippen LogP contribution in [0.15, 0.2) is 41.5 Å². The van der Waals surface area contributed by atoms with Crippen LogP contribution in [0.25, 0.3) is 10.9 Å². The number of nitrogens with zero attached hydrogens (tertiary/aromatic N) is 5. The van der Waals surface area contributed by atoms with Crippen LogP contribution in [0.5, 0.6) is 0 Å². The Morgan fingerprint density at radius 2 is 2.00 bits per heavy atom. The molecule has 5 rings (SSSR count). The van der Waals surface area contributed by atoms with Gasteiger partial charge in [-0.15, -0.1) is 0 Å². The maximum atomic E-state index is 12.8. The lowest BCUT2D eigenvalue weighted by Crippen LogP contribution is -2.36. The van der Waals surface area contributed by atoms with Crippen molar-refractivity contribution < 1.29 is 14.3 Å². The molecule has 0 spiro atoms. The van der Waals surface area contributed by atoms with Gasteiger partial charge in [-0.3, -0.25) is 14.2 Å². The molecule has 2 amide bonds. The quantitative estimate of drug-likeness (QED) is 0.642. The fourth-order valence-electron chi connectivity index (χ4n) is 3.95. The molecule has 1 saturated heterocycles. The van der Waals surface area contributed by atoms with Gasteiger partial charge in [0.15, 0.2) is 0 Å². The first-order valence-corrected chi connectivity index (χ1v) is 10.5. The Bertz CT molecular complexity index is 1260. The number of benzene rings is 1. The second-order valence-corrected chi connectivity index (χ2v) is 7.67. The molecule has 2 aliphatic heterocycles. The summed E-state index contributed by atoms with van der Waals surface area (Å²) in [5.41, 5.74) is 2.53. The zero-order valence-corrected chi connectivity index (χ0v) is 17.7. The topological polar surface area (TPSA) is 114 Å². The first-order valence-electron chi connectivity index (χ1n) is 10.5. The number of nitrogens with one attached hydrogen (secondary N) is 2. The molecular weight excluding hydrogens is 410 g/mol. The predicted molar refractivity (Wildman–Crippen MR) is 120 cm³/mol. The number of anilines is 3. The van der Waals surface area contributed by atoms with E-state index in [0.29, 0.717) is 36.8 Å². The lowest BCUT2D eigenvalue weighted by molar-refractivity contribution is -0.114. The van der Waals surface area contributed by atoms with Gasteiger partial charge < -0.3 is 20.3 Å². The Balaban J connectivity index is 1.53. The molecule has 2 aliphatic rings. The maximum Gasteiger partial charge on any atom is 0.281 e. The second kappa shape index (κ2) is 8.39. The molecule has 10 nitrogen and oxygen atoms in total. The number of fused-ring (bicyclic) bond motifs is 3. The van der Waals surface area contributed by atoms with Gasteiger partial charge in [-0.1, -0.05) is 0 Å². The van der Waals surface area contributed by atoms with Crippen molar-refractivity contribution in [1.29, 1.82) is 0 Å². The van der Waals surface area contributed by atoms with E-state index in [1.807, 2.05) is 10.6 Å². The number of amides is 2. The van der Waals surface area contributed by atoms with E-state index in [-0.39, 0.29) is 5.91 Å². The lowest BCUT2D eigenvalue weighted by Gasteiger charge is -2.29. The zero-order valence-electron chi connectivity index (χ0n) is 17.7.